The van der Waals surface area contributed by atoms with Gasteiger partial charge in [-0.3, -0.25) is 14.2 Å². The number of carboxylic acids is 1. The number of aryl methyl sites for hydroxylation is 2. The Balaban J connectivity index is 2.24. The molecule has 0 saturated carbocycles. The summed E-state index contributed by atoms with van der Waals surface area (Å²) < 4.78 is 2.91. The van der Waals surface area contributed by atoms with E-state index in [0.717, 1.165) is 6.20 Å². The van der Waals surface area contributed by atoms with Crippen molar-refractivity contribution < 1.29 is 14.7 Å². The van der Waals surface area contributed by atoms with Crippen LogP contribution in [0.3, 0.4) is 0 Å². The van der Waals surface area contributed by atoms with Gasteiger partial charge in [-0.15, -0.1) is 0 Å². The lowest BCUT2D eigenvalue weighted by Gasteiger charge is -2.16. The van der Waals surface area contributed by atoms with Crippen LogP contribution in [0.1, 0.15) is 33.5 Å². The van der Waals surface area contributed by atoms with Crippen LogP contribution in [0.5, 0.6) is 0 Å². The van der Waals surface area contributed by atoms with Crippen LogP contribution in [0.2, 0.25) is 5.02 Å². The molecule has 9 heteroatoms. The molecule has 0 unspecified atom stereocenters. The minimum Gasteiger partial charge on any atom is -0.478 e. The number of hydrogen-bond acceptors (Lipinski definition) is 4. The first-order chi connectivity index (χ1) is 10.3. The quantitative estimate of drug-likeness (QED) is 0.893. The van der Waals surface area contributed by atoms with Crippen molar-refractivity contribution in [3.8, 4) is 0 Å². The number of carboxylic acid groups (broad SMARTS) is 1. The Labute approximate surface area is 131 Å². The first-order valence-corrected chi connectivity index (χ1v) is 6.95. The Kier molecular flexibility index (Phi) is 4.51. The third-order valence-corrected chi connectivity index (χ3v) is 3.53. The number of aromatic carboxylic acids is 1. The molecule has 0 atom stereocenters. The molecule has 8 nitrogen and oxygen atoms in total. The van der Waals surface area contributed by atoms with Gasteiger partial charge in [0.05, 0.1) is 17.8 Å². The van der Waals surface area contributed by atoms with Gasteiger partial charge in [0.1, 0.15) is 17.0 Å². The standard InChI is InChI=1S/C13H16ClN5O3/c1-4-19-6-9(14)10(16-19)7-17(2)12(20)11-8(13(21)22)5-15-18(11)3/h5-6H,4,7H2,1-3H3,(H,21,22). The normalized spacial score (nSPS) is 10.7. The van der Waals surface area contributed by atoms with E-state index in [-0.39, 0.29) is 17.8 Å². The van der Waals surface area contributed by atoms with Crippen molar-refractivity contribution >= 4 is 23.5 Å². The summed E-state index contributed by atoms with van der Waals surface area (Å²) in [6.07, 6.45) is 2.84. The Morgan fingerprint density at radius 3 is 2.68 bits per heavy atom. The summed E-state index contributed by atoms with van der Waals surface area (Å²) in [5, 5.41) is 17.7. The fourth-order valence-electron chi connectivity index (χ4n) is 2.03. The van der Waals surface area contributed by atoms with Crippen LogP contribution in [0.4, 0.5) is 0 Å². The van der Waals surface area contributed by atoms with Crippen molar-refractivity contribution in [2.75, 3.05) is 7.05 Å². The van der Waals surface area contributed by atoms with E-state index in [1.807, 2.05) is 6.92 Å². The minimum absolute atomic E-state index is 0.0149. The summed E-state index contributed by atoms with van der Waals surface area (Å²) in [6, 6.07) is 0. The maximum atomic E-state index is 12.5. The van der Waals surface area contributed by atoms with Gasteiger partial charge in [0.25, 0.3) is 5.91 Å². The van der Waals surface area contributed by atoms with Gasteiger partial charge in [-0.2, -0.15) is 10.2 Å². The molecule has 1 amide bonds. The van der Waals surface area contributed by atoms with E-state index in [1.54, 1.807) is 17.9 Å². The number of carbonyl (C=O) groups excluding carboxylic acids is 1. The number of halogens is 1. The summed E-state index contributed by atoms with van der Waals surface area (Å²) in [4.78, 5) is 25.0. The molecule has 2 aromatic heterocycles. The Bertz CT molecular complexity index is 721. The number of rotatable bonds is 5. The molecule has 0 aromatic carbocycles. The van der Waals surface area contributed by atoms with Gasteiger partial charge in [0.2, 0.25) is 0 Å². The molecule has 0 aliphatic carbocycles. The maximum Gasteiger partial charge on any atom is 0.339 e. The SMILES string of the molecule is CCn1cc(Cl)c(CN(C)C(=O)c2c(C(=O)O)cnn2C)n1. The predicted octanol–water partition coefficient (Wildman–Crippen LogP) is 1.26. The Hall–Kier alpha value is -2.35. The summed E-state index contributed by atoms with van der Waals surface area (Å²) in [5.74, 6) is -1.65. The fourth-order valence-corrected chi connectivity index (χ4v) is 2.24. The van der Waals surface area contributed by atoms with Crippen LogP contribution in [-0.4, -0.2) is 48.5 Å². The molecule has 2 heterocycles. The second kappa shape index (κ2) is 6.18. The van der Waals surface area contributed by atoms with Crippen LogP contribution in [0.15, 0.2) is 12.4 Å². The number of aromatic nitrogens is 4. The molecule has 0 bridgehead atoms. The van der Waals surface area contributed by atoms with Crippen molar-refractivity contribution in [2.45, 2.75) is 20.0 Å². The molecular weight excluding hydrogens is 310 g/mol. The third-order valence-electron chi connectivity index (χ3n) is 3.22. The van der Waals surface area contributed by atoms with Gasteiger partial charge in [0.15, 0.2) is 0 Å². The minimum atomic E-state index is -1.20. The van der Waals surface area contributed by atoms with Crippen LogP contribution in [0.25, 0.3) is 0 Å². The van der Waals surface area contributed by atoms with Gasteiger partial charge in [-0.1, -0.05) is 11.6 Å². The monoisotopic (exact) mass is 325 g/mol. The highest BCUT2D eigenvalue weighted by Gasteiger charge is 2.25. The Morgan fingerprint density at radius 1 is 1.45 bits per heavy atom. The molecule has 118 valence electrons. The smallest absolute Gasteiger partial charge is 0.339 e. The van der Waals surface area contributed by atoms with E-state index in [1.165, 1.54) is 16.6 Å². The van der Waals surface area contributed by atoms with E-state index in [2.05, 4.69) is 10.2 Å². The predicted molar refractivity (Wildman–Crippen MR) is 78.9 cm³/mol. The molecule has 0 aliphatic rings. The van der Waals surface area contributed by atoms with Crippen molar-refractivity contribution in [3.05, 3.63) is 34.4 Å². The summed E-state index contributed by atoms with van der Waals surface area (Å²) in [7, 11) is 3.08. The van der Waals surface area contributed by atoms with Crippen LogP contribution < -0.4 is 0 Å². The summed E-state index contributed by atoms with van der Waals surface area (Å²) in [6.45, 7) is 2.77. The van der Waals surface area contributed by atoms with E-state index >= 15 is 0 Å². The molecule has 0 saturated heterocycles. The van der Waals surface area contributed by atoms with Crippen LogP contribution in [0, 0.1) is 0 Å². The van der Waals surface area contributed by atoms with Gasteiger partial charge in [-0.05, 0) is 6.92 Å². The van der Waals surface area contributed by atoms with Crippen LogP contribution >= 0.6 is 11.6 Å². The van der Waals surface area contributed by atoms with E-state index < -0.39 is 11.9 Å². The highest BCUT2D eigenvalue weighted by molar-refractivity contribution is 6.31. The van der Waals surface area contributed by atoms with E-state index in [4.69, 9.17) is 16.7 Å². The van der Waals surface area contributed by atoms with Crippen molar-refractivity contribution in [3.63, 3.8) is 0 Å². The first kappa shape index (κ1) is 16.0. The second-order valence-corrected chi connectivity index (χ2v) is 5.18. The average Bonchev–Trinajstić information content (AvgIpc) is 3.01. The largest absolute Gasteiger partial charge is 0.478 e. The number of nitrogens with zero attached hydrogens (tertiary/aromatic N) is 5. The first-order valence-electron chi connectivity index (χ1n) is 6.57. The molecular formula is C13H16ClN5O3. The summed E-state index contributed by atoms with van der Waals surface area (Å²) >= 11 is 6.08. The van der Waals surface area contributed by atoms with E-state index in [0.29, 0.717) is 17.3 Å². The van der Waals surface area contributed by atoms with E-state index in [9.17, 15) is 9.59 Å². The van der Waals surface area contributed by atoms with Crippen molar-refractivity contribution in [1.29, 1.82) is 0 Å². The molecule has 2 aromatic rings. The zero-order valence-electron chi connectivity index (χ0n) is 12.4. The molecule has 2 rings (SSSR count). The van der Waals surface area contributed by atoms with Gasteiger partial charge < -0.3 is 10.0 Å². The molecule has 0 aliphatic heterocycles. The second-order valence-electron chi connectivity index (χ2n) is 4.78. The highest BCUT2D eigenvalue weighted by atomic mass is 35.5. The molecule has 1 N–H and O–H groups in total. The fraction of sp³-hybridized carbons (Fsp3) is 0.385. The number of carbonyl (C=O) groups is 2. The van der Waals surface area contributed by atoms with Gasteiger partial charge >= 0.3 is 5.97 Å². The average molecular weight is 326 g/mol. The molecule has 22 heavy (non-hydrogen) atoms. The molecule has 0 fully saturated rings. The van der Waals surface area contributed by atoms with Gasteiger partial charge in [0, 0.05) is 26.8 Å². The maximum absolute atomic E-state index is 12.5. The lowest BCUT2D eigenvalue weighted by Crippen LogP contribution is -2.29. The lowest BCUT2D eigenvalue weighted by molar-refractivity contribution is 0.0678. The lowest BCUT2D eigenvalue weighted by atomic mass is 10.2. The molecule has 0 spiro atoms. The topological polar surface area (TPSA) is 93.3 Å². The number of amides is 1. The third kappa shape index (κ3) is 2.96. The molecule has 0 radical (unpaired) electrons. The zero-order valence-corrected chi connectivity index (χ0v) is 13.2. The van der Waals surface area contributed by atoms with Gasteiger partial charge in [-0.25, -0.2) is 4.79 Å². The van der Waals surface area contributed by atoms with Crippen molar-refractivity contribution in [1.82, 2.24) is 24.5 Å². The van der Waals surface area contributed by atoms with Crippen LogP contribution in [-0.2, 0) is 20.1 Å². The Morgan fingerprint density at radius 2 is 2.14 bits per heavy atom. The zero-order chi connectivity index (χ0) is 16.4. The highest BCUT2D eigenvalue weighted by Crippen LogP contribution is 2.17. The van der Waals surface area contributed by atoms with Crippen molar-refractivity contribution in [2.24, 2.45) is 7.05 Å². The number of hydrogen-bond donors (Lipinski definition) is 1. The summed E-state index contributed by atoms with van der Waals surface area (Å²) in [5.41, 5.74) is 0.434.